The Morgan fingerprint density at radius 1 is 1.36 bits per heavy atom. The fourth-order valence-electron chi connectivity index (χ4n) is 1.57. The second kappa shape index (κ2) is 4.09. The van der Waals surface area contributed by atoms with Crippen LogP contribution in [0.4, 0.5) is 0 Å². The molecule has 0 saturated heterocycles. The minimum atomic E-state index is -0.739. The SMILES string of the molecule is CCc1cc(C(C)(C)O)cc[n+]1CC. The molecule has 0 fully saturated rings. The third kappa shape index (κ3) is 2.32. The van der Waals surface area contributed by atoms with E-state index >= 15 is 0 Å². The van der Waals surface area contributed by atoms with Crippen LogP contribution in [-0.4, -0.2) is 5.11 Å². The van der Waals surface area contributed by atoms with Gasteiger partial charge in [-0.1, -0.05) is 6.92 Å². The lowest BCUT2D eigenvalue weighted by atomic mass is 9.98. The van der Waals surface area contributed by atoms with Gasteiger partial charge in [0.05, 0.1) is 5.60 Å². The van der Waals surface area contributed by atoms with Crippen LogP contribution in [0.2, 0.25) is 0 Å². The fraction of sp³-hybridized carbons (Fsp3) is 0.583. The Labute approximate surface area is 86.2 Å². The molecule has 2 heteroatoms. The van der Waals surface area contributed by atoms with Crippen LogP contribution in [0.15, 0.2) is 18.3 Å². The Morgan fingerprint density at radius 2 is 2.00 bits per heavy atom. The molecule has 0 bridgehead atoms. The van der Waals surface area contributed by atoms with Gasteiger partial charge in [-0.3, -0.25) is 0 Å². The van der Waals surface area contributed by atoms with Crippen molar-refractivity contribution in [1.29, 1.82) is 0 Å². The largest absolute Gasteiger partial charge is 0.386 e. The molecule has 1 aromatic rings. The molecular weight excluding hydrogens is 174 g/mol. The van der Waals surface area contributed by atoms with Crippen molar-refractivity contribution in [1.82, 2.24) is 0 Å². The molecule has 0 spiro atoms. The number of aliphatic hydroxyl groups is 1. The predicted molar refractivity (Wildman–Crippen MR) is 56.9 cm³/mol. The highest BCUT2D eigenvalue weighted by molar-refractivity contribution is 5.18. The molecule has 0 aromatic carbocycles. The van der Waals surface area contributed by atoms with Gasteiger partial charge in [0.1, 0.15) is 6.54 Å². The molecular formula is C12H20NO+. The molecule has 78 valence electrons. The topological polar surface area (TPSA) is 24.1 Å². The summed E-state index contributed by atoms with van der Waals surface area (Å²) in [7, 11) is 0. The fourth-order valence-corrected chi connectivity index (χ4v) is 1.57. The van der Waals surface area contributed by atoms with E-state index < -0.39 is 5.60 Å². The van der Waals surface area contributed by atoms with Gasteiger partial charge in [0.15, 0.2) is 11.9 Å². The summed E-state index contributed by atoms with van der Waals surface area (Å²) in [5, 5.41) is 9.86. The number of aromatic nitrogens is 1. The first-order valence-corrected chi connectivity index (χ1v) is 5.24. The highest BCUT2D eigenvalue weighted by Crippen LogP contribution is 2.18. The van der Waals surface area contributed by atoms with E-state index in [0.717, 1.165) is 18.5 Å². The minimum Gasteiger partial charge on any atom is -0.386 e. The Hall–Kier alpha value is -0.890. The van der Waals surface area contributed by atoms with Crippen molar-refractivity contribution in [3.8, 4) is 0 Å². The Balaban J connectivity index is 3.14. The van der Waals surface area contributed by atoms with Gasteiger partial charge in [-0.05, 0) is 26.3 Å². The molecule has 1 N–H and O–H groups in total. The van der Waals surface area contributed by atoms with Gasteiger partial charge in [-0.15, -0.1) is 0 Å². The molecule has 0 aliphatic rings. The monoisotopic (exact) mass is 194 g/mol. The molecule has 1 rings (SSSR count). The van der Waals surface area contributed by atoms with Crippen LogP contribution in [0.3, 0.4) is 0 Å². The first-order chi connectivity index (χ1) is 6.49. The normalized spacial score (nSPS) is 11.8. The van der Waals surface area contributed by atoms with E-state index in [0.29, 0.717) is 0 Å². The summed E-state index contributed by atoms with van der Waals surface area (Å²) in [4.78, 5) is 0. The number of nitrogens with zero attached hydrogens (tertiary/aromatic N) is 1. The first-order valence-electron chi connectivity index (χ1n) is 5.24. The van der Waals surface area contributed by atoms with Crippen LogP contribution in [0.1, 0.15) is 39.0 Å². The summed E-state index contributed by atoms with van der Waals surface area (Å²) in [6.45, 7) is 8.88. The minimum absolute atomic E-state index is 0.739. The second-order valence-corrected chi connectivity index (χ2v) is 4.11. The molecule has 1 aromatic heterocycles. The van der Waals surface area contributed by atoms with Crippen molar-refractivity contribution in [2.75, 3.05) is 0 Å². The van der Waals surface area contributed by atoms with Gasteiger partial charge in [-0.2, -0.15) is 0 Å². The van der Waals surface area contributed by atoms with Crippen LogP contribution in [0, 0.1) is 0 Å². The average Bonchev–Trinajstić information content (AvgIpc) is 2.15. The second-order valence-electron chi connectivity index (χ2n) is 4.11. The summed E-state index contributed by atoms with van der Waals surface area (Å²) >= 11 is 0. The highest BCUT2D eigenvalue weighted by Gasteiger charge is 2.19. The average molecular weight is 194 g/mol. The molecule has 0 atom stereocenters. The van der Waals surface area contributed by atoms with Gasteiger partial charge in [-0.25, -0.2) is 4.57 Å². The molecule has 14 heavy (non-hydrogen) atoms. The van der Waals surface area contributed by atoms with Crippen molar-refractivity contribution < 1.29 is 9.67 Å². The smallest absolute Gasteiger partial charge is 0.181 e. The van der Waals surface area contributed by atoms with Crippen molar-refractivity contribution in [3.05, 3.63) is 29.6 Å². The lowest BCUT2D eigenvalue weighted by molar-refractivity contribution is -0.700. The molecule has 2 nitrogen and oxygen atoms in total. The molecule has 0 unspecified atom stereocenters. The Morgan fingerprint density at radius 3 is 2.43 bits per heavy atom. The van der Waals surface area contributed by atoms with E-state index in [9.17, 15) is 5.11 Å². The van der Waals surface area contributed by atoms with Gasteiger partial charge in [0.2, 0.25) is 0 Å². The number of hydrogen-bond donors (Lipinski definition) is 1. The molecule has 0 aliphatic heterocycles. The van der Waals surface area contributed by atoms with Crippen LogP contribution >= 0.6 is 0 Å². The van der Waals surface area contributed by atoms with Gasteiger partial charge in [0.25, 0.3) is 0 Å². The standard InChI is InChI=1S/C12H20NO/c1-5-11-9-10(12(3,4)14)7-8-13(11)6-2/h7-9,14H,5-6H2,1-4H3/q+1. The van der Waals surface area contributed by atoms with Crippen molar-refractivity contribution >= 4 is 0 Å². The summed E-state index contributed by atoms with van der Waals surface area (Å²) in [5.41, 5.74) is 1.52. The summed E-state index contributed by atoms with van der Waals surface area (Å²) < 4.78 is 2.20. The van der Waals surface area contributed by atoms with Crippen molar-refractivity contribution in [2.45, 2.75) is 46.3 Å². The molecule has 0 radical (unpaired) electrons. The van der Waals surface area contributed by atoms with E-state index in [-0.39, 0.29) is 0 Å². The predicted octanol–water partition coefficient (Wildman–Crippen LogP) is 1.78. The Kier molecular flexibility index (Phi) is 3.27. The zero-order chi connectivity index (χ0) is 10.8. The zero-order valence-corrected chi connectivity index (χ0v) is 9.54. The van der Waals surface area contributed by atoms with Gasteiger partial charge in [0, 0.05) is 18.6 Å². The zero-order valence-electron chi connectivity index (χ0n) is 9.54. The molecule has 0 aliphatic carbocycles. The van der Waals surface area contributed by atoms with Crippen molar-refractivity contribution in [3.63, 3.8) is 0 Å². The van der Waals surface area contributed by atoms with Crippen LogP contribution < -0.4 is 4.57 Å². The quantitative estimate of drug-likeness (QED) is 0.729. The van der Waals surface area contributed by atoms with Crippen LogP contribution in [0.25, 0.3) is 0 Å². The van der Waals surface area contributed by atoms with E-state index in [2.05, 4.69) is 24.5 Å². The van der Waals surface area contributed by atoms with E-state index in [4.69, 9.17) is 0 Å². The van der Waals surface area contributed by atoms with Crippen LogP contribution in [0.5, 0.6) is 0 Å². The van der Waals surface area contributed by atoms with Crippen molar-refractivity contribution in [2.24, 2.45) is 0 Å². The molecule has 1 heterocycles. The van der Waals surface area contributed by atoms with E-state index in [1.165, 1.54) is 5.69 Å². The Bertz CT molecular complexity index is 313. The maximum absolute atomic E-state index is 9.86. The molecule has 0 saturated carbocycles. The third-order valence-electron chi connectivity index (χ3n) is 2.53. The maximum Gasteiger partial charge on any atom is 0.181 e. The summed E-state index contributed by atoms with van der Waals surface area (Å²) in [5.74, 6) is 0. The van der Waals surface area contributed by atoms with Gasteiger partial charge >= 0.3 is 0 Å². The third-order valence-corrected chi connectivity index (χ3v) is 2.53. The van der Waals surface area contributed by atoms with Crippen LogP contribution in [-0.2, 0) is 18.6 Å². The number of hydrogen-bond acceptors (Lipinski definition) is 1. The van der Waals surface area contributed by atoms with E-state index in [1.54, 1.807) is 0 Å². The number of aryl methyl sites for hydroxylation is 2. The molecule has 0 amide bonds. The summed E-state index contributed by atoms with van der Waals surface area (Å²) in [6, 6.07) is 4.08. The lowest BCUT2D eigenvalue weighted by Gasteiger charge is -2.17. The number of pyridine rings is 1. The summed E-state index contributed by atoms with van der Waals surface area (Å²) in [6.07, 6.45) is 3.05. The number of rotatable bonds is 3. The van der Waals surface area contributed by atoms with Gasteiger partial charge < -0.3 is 5.11 Å². The maximum atomic E-state index is 9.86. The van der Waals surface area contributed by atoms with E-state index in [1.807, 2.05) is 26.1 Å². The lowest BCUT2D eigenvalue weighted by Crippen LogP contribution is -2.37. The first kappa shape index (κ1) is 11.2. The highest BCUT2D eigenvalue weighted by atomic mass is 16.3.